The highest BCUT2D eigenvalue weighted by molar-refractivity contribution is 5.94. The van der Waals surface area contributed by atoms with E-state index in [0.29, 0.717) is 36.9 Å². The van der Waals surface area contributed by atoms with Crippen LogP contribution in [0, 0.1) is 0 Å². The Morgan fingerprint density at radius 2 is 1.26 bits per heavy atom. The number of aliphatic imine (C=N–C) groups is 1. The van der Waals surface area contributed by atoms with E-state index >= 15 is 0 Å². The number of carbonyl (C=O) groups is 5. The number of carboxylic acids is 1. The van der Waals surface area contributed by atoms with Crippen LogP contribution >= 0.6 is 0 Å². The molecule has 15 heteroatoms. The van der Waals surface area contributed by atoms with E-state index in [4.69, 9.17) is 28.7 Å². The zero-order valence-electron chi connectivity index (χ0n) is 25.7. The first-order valence-electron chi connectivity index (χ1n) is 15.0. The van der Waals surface area contributed by atoms with Crippen LogP contribution in [0.4, 0.5) is 0 Å². The molecule has 4 atom stereocenters. The second-order valence-corrected chi connectivity index (χ2v) is 10.8. The summed E-state index contributed by atoms with van der Waals surface area (Å²) in [4.78, 5) is 67.3. The third-order valence-electron chi connectivity index (χ3n) is 7.09. The summed E-state index contributed by atoms with van der Waals surface area (Å²) in [6, 6.07) is 10.6. The molecule has 0 saturated carbocycles. The maximum atomic E-state index is 13.6. The molecule has 0 radical (unpaired) electrons. The van der Waals surface area contributed by atoms with Crippen LogP contribution in [0.2, 0.25) is 0 Å². The van der Waals surface area contributed by atoms with E-state index in [9.17, 15) is 29.1 Å². The van der Waals surface area contributed by atoms with Gasteiger partial charge < -0.3 is 49.7 Å². The van der Waals surface area contributed by atoms with E-state index < -0.39 is 53.8 Å². The van der Waals surface area contributed by atoms with Gasteiger partial charge in [-0.3, -0.25) is 24.2 Å². The Morgan fingerprint density at radius 3 is 1.85 bits per heavy atom. The van der Waals surface area contributed by atoms with Gasteiger partial charge >= 0.3 is 5.97 Å². The van der Waals surface area contributed by atoms with Crippen molar-refractivity contribution in [3.8, 4) is 0 Å². The quantitative estimate of drug-likeness (QED) is 0.0465. The number of rotatable bonds is 20. The molecule has 2 rings (SSSR count). The maximum Gasteiger partial charge on any atom is 0.326 e. The zero-order chi connectivity index (χ0) is 34.1. The zero-order valence-corrected chi connectivity index (χ0v) is 25.7. The number of guanidine groups is 1. The van der Waals surface area contributed by atoms with Crippen molar-refractivity contribution in [2.75, 3.05) is 13.1 Å². The van der Waals surface area contributed by atoms with Crippen molar-refractivity contribution in [2.24, 2.45) is 33.7 Å². The molecule has 0 saturated heterocycles. The van der Waals surface area contributed by atoms with Gasteiger partial charge in [-0.05, 0) is 68.3 Å². The minimum Gasteiger partial charge on any atom is -0.480 e. The smallest absolute Gasteiger partial charge is 0.326 e. The molecule has 250 valence electrons. The molecule has 0 aromatic heterocycles. The van der Waals surface area contributed by atoms with Crippen molar-refractivity contribution >= 4 is 35.6 Å². The Kier molecular flexibility index (Phi) is 15.7. The number of benzene rings is 2. The summed E-state index contributed by atoms with van der Waals surface area (Å²) in [6.45, 7) is 0.561. The Morgan fingerprint density at radius 1 is 0.696 bits per heavy atom. The first-order valence-corrected chi connectivity index (χ1v) is 15.0. The van der Waals surface area contributed by atoms with E-state index in [1.807, 2.05) is 0 Å². The van der Waals surface area contributed by atoms with Crippen LogP contribution in [0.25, 0.3) is 0 Å². The average molecular weight is 640 g/mol. The van der Waals surface area contributed by atoms with E-state index in [-0.39, 0.29) is 38.2 Å². The Hall–Kier alpha value is -5.02. The topological polar surface area (TPSA) is 284 Å². The fourth-order valence-corrected chi connectivity index (χ4v) is 4.56. The van der Waals surface area contributed by atoms with Gasteiger partial charge in [-0.25, -0.2) is 4.79 Å². The molecule has 0 fully saturated rings. The molecule has 0 heterocycles. The molecule has 2 aromatic carbocycles. The van der Waals surface area contributed by atoms with Crippen LogP contribution in [0.3, 0.4) is 0 Å². The second-order valence-electron chi connectivity index (χ2n) is 10.8. The van der Waals surface area contributed by atoms with Crippen LogP contribution in [-0.4, -0.2) is 77.9 Å². The van der Waals surface area contributed by atoms with Crippen LogP contribution in [0.15, 0.2) is 59.6 Å². The number of unbranched alkanes of at least 4 members (excludes halogenated alkanes) is 1. The standard InChI is InChI=1S/C31H45N9O6/c32-15-5-4-9-24(30(45)46)39-29(44)25(18-19-7-2-1-3-8-19)40-28(43)23(10-6-16-37-31(35)36)38-27(42)22(33)17-20-11-13-21(14-12-20)26(34)41/h1-3,7-8,11-14,22-25H,4-6,9-10,15-18,32-33H2,(H2,34,41)(H,38,42)(H,39,44)(H,40,43)(H,45,46)(H4,35,36,37)/t22-,23-,24-,25-/m0/s1. The third kappa shape index (κ3) is 13.3. The number of nitrogens with two attached hydrogens (primary N) is 5. The molecule has 0 aliphatic carbocycles. The molecule has 0 aliphatic heterocycles. The van der Waals surface area contributed by atoms with Gasteiger partial charge in [0.15, 0.2) is 5.96 Å². The number of aliphatic carboxylic acids is 1. The average Bonchev–Trinajstić information content (AvgIpc) is 3.02. The van der Waals surface area contributed by atoms with Crippen LogP contribution in [0.1, 0.15) is 53.6 Å². The summed E-state index contributed by atoms with van der Waals surface area (Å²) in [6.07, 6.45) is 1.81. The SMILES string of the molecule is NCCCC[C@H](NC(=O)[C@H](Cc1ccccc1)NC(=O)[C@H](CCCN=C(N)N)NC(=O)[C@@H](N)Cc1ccc(C(N)=O)cc1)C(=O)O. The normalized spacial score (nSPS) is 13.3. The Labute approximate surface area is 267 Å². The lowest BCUT2D eigenvalue weighted by Crippen LogP contribution is -2.57. The first kappa shape index (κ1) is 37.2. The highest BCUT2D eigenvalue weighted by Crippen LogP contribution is 2.10. The number of nitrogens with zero attached hydrogens (tertiary/aromatic N) is 1. The van der Waals surface area contributed by atoms with E-state index in [0.717, 1.165) is 5.56 Å². The summed E-state index contributed by atoms with van der Waals surface area (Å²) >= 11 is 0. The molecule has 0 spiro atoms. The van der Waals surface area contributed by atoms with Gasteiger partial charge in [-0.2, -0.15) is 0 Å². The van der Waals surface area contributed by atoms with Gasteiger partial charge in [0, 0.05) is 18.5 Å². The molecule has 4 amide bonds. The maximum absolute atomic E-state index is 13.6. The number of carboxylic acid groups (broad SMARTS) is 1. The molecular formula is C31H45N9O6. The monoisotopic (exact) mass is 639 g/mol. The highest BCUT2D eigenvalue weighted by Gasteiger charge is 2.30. The lowest BCUT2D eigenvalue weighted by atomic mass is 10.0. The number of primary amides is 1. The molecule has 0 unspecified atom stereocenters. The van der Waals surface area contributed by atoms with E-state index in [2.05, 4.69) is 20.9 Å². The van der Waals surface area contributed by atoms with E-state index in [1.165, 1.54) is 12.1 Å². The lowest BCUT2D eigenvalue weighted by Gasteiger charge is -2.25. The van der Waals surface area contributed by atoms with Gasteiger partial charge in [0.05, 0.1) is 6.04 Å². The van der Waals surface area contributed by atoms with Gasteiger partial charge in [-0.1, -0.05) is 42.5 Å². The minimum atomic E-state index is -1.21. The van der Waals surface area contributed by atoms with Gasteiger partial charge in [0.1, 0.15) is 18.1 Å². The summed E-state index contributed by atoms with van der Waals surface area (Å²) in [7, 11) is 0. The Bertz CT molecular complexity index is 1330. The molecule has 14 N–H and O–H groups in total. The predicted octanol–water partition coefficient (Wildman–Crippen LogP) is -1.38. The van der Waals surface area contributed by atoms with Crippen LogP contribution in [0.5, 0.6) is 0 Å². The van der Waals surface area contributed by atoms with Crippen LogP contribution in [-0.2, 0) is 32.0 Å². The summed E-state index contributed by atoms with van der Waals surface area (Å²) < 4.78 is 0. The Balaban J connectivity index is 2.23. The van der Waals surface area contributed by atoms with Crippen molar-refractivity contribution < 1.29 is 29.1 Å². The largest absolute Gasteiger partial charge is 0.480 e. The van der Waals surface area contributed by atoms with Crippen molar-refractivity contribution in [3.63, 3.8) is 0 Å². The lowest BCUT2D eigenvalue weighted by molar-refractivity contribution is -0.142. The number of hydrogen-bond acceptors (Lipinski definition) is 8. The molecule has 15 nitrogen and oxygen atoms in total. The molecule has 2 aromatic rings. The molecule has 0 bridgehead atoms. The van der Waals surface area contributed by atoms with Crippen molar-refractivity contribution in [2.45, 2.75) is 69.1 Å². The van der Waals surface area contributed by atoms with Crippen LogP contribution < -0.4 is 44.6 Å². The third-order valence-corrected chi connectivity index (χ3v) is 7.09. The predicted molar refractivity (Wildman–Crippen MR) is 173 cm³/mol. The fourth-order valence-electron chi connectivity index (χ4n) is 4.56. The van der Waals surface area contributed by atoms with Crippen molar-refractivity contribution in [3.05, 3.63) is 71.3 Å². The second kappa shape index (κ2) is 19.4. The number of amides is 4. The van der Waals surface area contributed by atoms with Crippen molar-refractivity contribution in [1.29, 1.82) is 0 Å². The molecular weight excluding hydrogens is 594 g/mol. The highest BCUT2D eigenvalue weighted by atomic mass is 16.4. The number of carbonyl (C=O) groups excluding carboxylic acids is 4. The first-order chi connectivity index (χ1) is 21.9. The van der Waals surface area contributed by atoms with E-state index in [1.54, 1.807) is 42.5 Å². The number of nitrogens with one attached hydrogen (secondary N) is 3. The summed E-state index contributed by atoms with van der Waals surface area (Å²) in [5.74, 6) is -3.93. The summed E-state index contributed by atoms with van der Waals surface area (Å²) in [5.41, 5.74) is 29.5. The summed E-state index contributed by atoms with van der Waals surface area (Å²) in [5, 5.41) is 17.5. The van der Waals surface area contributed by atoms with Gasteiger partial charge in [-0.15, -0.1) is 0 Å². The number of hydrogen-bond donors (Lipinski definition) is 9. The van der Waals surface area contributed by atoms with Crippen molar-refractivity contribution in [1.82, 2.24) is 16.0 Å². The minimum absolute atomic E-state index is 0.0586. The fraction of sp³-hybridized carbons (Fsp3) is 0.419. The van der Waals surface area contributed by atoms with Gasteiger partial charge in [0.2, 0.25) is 23.6 Å². The molecule has 46 heavy (non-hydrogen) atoms. The van der Waals surface area contributed by atoms with Gasteiger partial charge in [0.25, 0.3) is 0 Å². The molecule has 0 aliphatic rings.